The standard InChI is InChI=1S/C13H13Br2N3/c1-7-8(2)17-13(18-12(7)16-3)9-4-5-10(14)11(15)6-9/h4-6H,1-3H3,(H,16,17,18). The minimum atomic E-state index is 0.732. The van der Waals surface area contributed by atoms with E-state index in [2.05, 4.69) is 47.1 Å². The molecular formula is C13H13Br2N3. The molecule has 0 aliphatic carbocycles. The molecule has 1 heterocycles. The van der Waals surface area contributed by atoms with E-state index in [0.29, 0.717) is 0 Å². The number of halogens is 2. The van der Waals surface area contributed by atoms with E-state index >= 15 is 0 Å². The van der Waals surface area contributed by atoms with Crippen LogP contribution in [0.15, 0.2) is 27.1 Å². The third-order valence-electron chi connectivity index (χ3n) is 2.80. The van der Waals surface area contributed by atoms with Gasteiger partial charge < -0.3 is 5.32 Å². The van der Waals surface area contributed by atoms with Gasteiger partial charge in [-0.25, -0.2) is 9.97 Å². The van der Waals surface area contributed by atoms with Gasteiger partial charge >= 0.3 is 0 Å². The fourth-order valence-electron chi connectivity index (χ4n) is 1.64. The molecule has 0 unspecified atom stereocenters. The molecule has 0 spiro atoms. The first-order valence-electron chi connectivity index (χ1n) is 5.51. The lowest BCUT2D eigenvalue weighted by Gasteiger charge is -2.10. The van der Waals surface area contributed by atoms with Crippen LogP contribution in [0.4, 0.5) is 5.82 Å². The Bertz CT molecular complexity index is 597. The van der Waals surface area contributed by atoms with Crippen molar-refractivity contribution < 1.29 is 0 Å². The number of aromatic nitrogens is 2. The molecule has 0 saturated carbocycles. The predicted molar refractivity (Wildman–Crippen MR) is 81.9 cm³/mol. The van der Waals surface area contributed by atoms with Gasteiger partial charge in [-0.15, -0.1) is 0 Å². The van der Waals surface area contributed by atoms with Gasteiger partial charge in [0.25, 0.3) is 0 Å². The Hall–Kier alpha value is -0.940. The molecule has 0 aliphatic rings. The van der Waals surface area contributed by atoms with Crippen LogP contribution in [0.1, 0.15) is 11.3 Å². The van der Waals surface area contributed by atoms with Crippen LogP contribution in [-0.4, -0.2) is 17.0 Å². The maximum absolute atomic E-state index is 4.54. The van der Waals surface area contributed by atoms with Gasteiger partial charge in [-0.3, -0.25) is 0 Å². The highest BCUT2D eigenvalue weighted by Gasteiger charge is 2.09. The summed E-state index contributed by atoms with van der Waals surface area (Å²) in [4.78, 5) is 9.07. The van der Waals surface area contributed by atoms with Crippen molar-refractivity contribution in [3.63, 3.8) is 0 Å². The molecule has 1 aromatic heterocycles. The van der Waals surface area contributed by atoms with Crippen molar-refractivity contribution in [3.05, 3.63) is 38.4 Å². The van der Waals surface area contributed by atoms with Gasteiger partial charge in [-0.05, 0) is 63.9 Å². The molecule has 18 heavy (non-hydrogen) atoms. The van der Waals surface area contributed by atoms with Crippen molar-refractivity contribution in [2.75, 3.05) is 12.4 Å². The molecule has 0 aliphatic heterocycles. The van der Waals surface area contributed by atoms with Gasteiger partial charge in [0.2, 0.25) is 0 Å². The van der Waals surface area contributed by atoms with E-state index in [1.165, 1.54) is 0 Å². The summed E-state index contributed by atoms with van der Waals surface area (Å²) in [6, 6.07) is 5.99. The SMILES string of the molecule is CNc1nc(-c2ccc(Br)c(Br)c2)nc(C)c1C. The number of benzene rings is 1. The summed E-state index contributed by atoms with van der Waals surface area (Å²) in [6.07, 6.45) is 0. The Labute approximate surface area is 123 Å². The molecule has 1 aromatic carbocycles. The van der Waals surface area contributed by atoms with Crippen molar-refractivity contribution in [1.29, 1.82) is 0 Å². The maximum atomic E-state index is 4.54. The van der Waals surface area contributed by atoms with Crippen LogP contribution in [-0.2, 0) is 0 Å². The molecule has 0 atom stereocenters. The minimum Gasteiger partial charge on any atom is -0.373 e. The summed E-state index contributed by atoms with van der Waals surface area (Å²) < 4.78 is 2.01. The van der Waals surface area contributed by atoms with Crippen LogP contribution in [0.25, 0.3) is 11.4 Å². The molecule has 3 nitrogen and oxygen atoms in total. The van der Waals surface area contributed by atoms with Gasteiger partial charge in [-0.2, -0.15) is 0 Å². The molecule has 0 saturated heterocycles. The zero-order chi connectivity index (χ0) is 13.3. The Kier molecular flexibility index (Phi) is 4.02. The molecular weight excluding hydrogens is 358 g/mol. The van der Waals surface area contributed by atoms with E-state index in [9.17, 15) is 0 Å². The molecule has 0 fully saturated rings. The van der Waals surface area contributed by atoms with Crippen molar-refractivity contribution >= 4 is 37.7 Å². The second-order valence-electron chi connectivity index (χ2n) is 3.99. The molecule has 5 heteroatoms. The largest absolute Gasteiger partial charge is 0.373 e. The van der Waals surface area contributed by atoms with E-state index in [4.69, 9.17) is 0 Å². The highest BCUT2D eigenvalue weighted by atomic mass is 79.9. The van der Waals surface area contributed by atoms with E-state index in [-0.39, 0.29) is 0 Å². The number of rotatable bonds is 2. The fraction of sp³-hybridized carbons (Fsp3) is 0.231. The first kappa shape index (κ1) is 13.5. The summed E-state index contributed by atoms with van der Waals surface area (Å²) in [5.74, 6) is 1.60. The summed E-state index contributed by atoms with van der Waals surface area (Å²) in [6.45, 7) is 4.01. The Morgan fingerprint density at radius 1 is 1.06 bits per heavy atom. The monoisotopic (exact) mass is 369 g/mol. The normalized spacial score (nSPS) is 10.5. The summed E-state index contributed by atoms with van der Waals surface area (Å²) in [5, 5.41) is 3.10. The van der Waals surface area contributed by atoms with Crippen molar-refractivity contribution in [2.24, 2.45) is 0 Å². The second-order valence-corrected chi connectivity index (χ2v) is 5.69. The van der Waals surface area contributed by atoms with Crippen molar-refractivity contribution in [3.8, 4) is 11.4 Å². The summed E-state index contributed by atoms with van der Waals surface area (Å²) in [5.41, 5.74) is 3.06. The van der Waals surface area contributed by atoms with E-state index in [1.807, 2.05) is 39.1 Å². The Morgan fingerprint density at radius 2 is 1.78 bits per heavy atom. The van der Waals surface area contributed by atoms with Crippen LogP contribution in [0, 0.1) is 13.8 Å². The zero-order valence-electron chi connectivity index (χ0n) is 10.4. The van der Waals surface area contributed by atoms with Crippen molar-refractivity contribution in [2.45, 2.75) is 13.8 Å². The van der Waals surface area contributed by atoms with Gasteiger partial charge in [0.05, 0.1) is 0 Å². The number of nitrogens with zero attached hydrogens (tertiary/aromatic N) is 2. The van der Waals surface area contributed by atoms with E-state index in [1.54, 1.807) is 0 Å². The number of anilines is 1. The van der Waals surface area contributed by atoms with Crippen LogP contribution in [0.2, 0.25) is 0 Å². The first-order valence-corrected chi connectivity index (χ1v) is 7.10. The molecule has 0 radical (unpaired) electrons. The second kappa shape index (κ2) is 5.36. The van der Waals surface area contributed by atoms with Crippen LogP contribution in [0.3, 0.4) is 0 Å². The molecule has 2 aromatic rings. The van der Waals surface area contributed by atoms with Crippen LogP contribution >= 0.6 is 31.9 Å². The maximum Gasteiger partial charge on any atom is 0.161 e. The molecule has 94 valence electrons. The molecule has 1 N–H and O–H groups in total. The van der Waals surface area contributed by atoms with Crippen molar-refractivity contribution in [1.82, 2.24) is 9.97 Å². The molecule has 0 bridgehead atoms. The third-order valence-corrected chi connectivity index (χ3v) is 4.68. The number of hydrogen-bond donors (Lipinski definition) is 1. The highest BCUT2D eigenvalue weighted by Crippen LogP contribution is 2.28. The van der Waals surface area contributed by atoms with Crippen LogP contribution < -0.4 is 5.32 Å². The summed E-state index contributed by atoms with van der Waals surface area (Å²) in [7, 11) is 1.87. The summed E-state index contributed by atoms with van der Waals surface area (Å²) >= 11 is 6.95. The predicted octanol–water partition coefficient (Wildman–Crippen LogP) is 4.33. The minimum absolute atomic E-state index is 0.732. The first-order chi connectivity index (χ1) is 8.52. The Balaban J connectivity index is 2.57. The average Bonchev–Trinajstić information content (AvgIpc) is 2.36. The fourth-order valence-corrected chi connectivity index (χ4v) is 2.26. The highest BCUT2D eigenvalue weighted by molar-refractivity contribution is 9.13. The lowest BCUT2D eigenvalue weighted by Crippen LogP contribution is -2.02. The average molecular weight is 371 g/mol. The van der Waals surface area contributed by atoms with E-state index in [0.717, 1.165) is 37.4 Å². The van der Waals surface area contributed by atoms with Gasteiger partial charge in [0.1, 0.15) is 5.82 Å². The van der Waals surface area contributed by atoms with Gasteiger partial charge in [0, 0.05) is 32.8 Å². The molecule has 2 rings (SSSR count). The number of hydrogen-bond acceptors (Lipinski definition) is 3. The Morgan fingerprint density at radius 3 is 2.39 bits per heavy atom. The number of aryl methyl sites for hydroxylation is 1. The molecule has 0 amide bonds. The van der Waals surface area contributed by atoms with Gasteiger partial charge in [-0.1, -0.05) is 0 Å². The lowest BCUT2D eigenvalue weighted by molar-refractivity contribution is 1.07. The lowest BCUT2D eigenvalue weighted by atomic mass is 10.2. The topological polar surface area (TPSA) is 37.8 Å². The third kappa shape index (κ3) is 2.57. The van der Waals surface area contributed by atoms with Crippen LogP contribution in [0.5, 0.6) is 0 Å². The zero-order valence-corrected chi connectivity index (χ0v) is 13.6. The number of nitrogens with one attached hydrogen (secondary N) is 1. The van der Waals surface area contributed by atoms with E-state index < -0.39 is 0 Å². The van der Waals surface area contributed by atoms with Gasteiger partial charge in [0.15, 0.2) is 5.82 Å². The quantitative estimate of drug-likeness (QED) is 0.854. The smallest absolute Gasteiger partial charge is 0.161 e.